The number of nitrogens with one attached hydrogen (secondary N) is 1. The fraction of sp³-hybridized carbons (Fsp3) is 0.143. The highest BCUT2D eigenvalue weighted by atomic mass is 35.5. The van der Waals surface area contributed by atoms with E-state index < -0.39 is 5.82 Å². The van der Waals surface area contributed by atoms with Gasteiger partial charge < -0.3 is 10.1 Å². The molecule has 0 unspecified atom stereocenters. The maximum atomic E-state index is 13.2. The Balaban J connectivity index is 2.04. The van der Waals surface area contributed by atoms with E-state index in [1.54, 1.807) is 12.1 Å². The molecule has 0 aliphatic heterocycles. The molecule has 94 valence electrons. The minimum Gasteiger partial charge on any atom is -0.489 e. The second-order valence-corrected chi connectivity index (χ2v) is 4.15. The summed E-state index contributed by atoms with van der Waals surface area (Å²) in [6.45, 7) is 0.246. The van der Waals surface area contributed by atoms with E-state index in [1.807, 2.05) is 31.3 Å². The maximum absolute atomic E-state index is 13.2. The molecule has 2 aromatic carbocycles. The van der Waals surface area contributed by atoms with Gasteiger partial charge in [0.25, 0.3) is 0 Å². The lowest BCUT2D eigenvalue weighted by Crippen LogP contribution is -1.97. The summed E-state index contributed by atoms with van der Waals surface area (Å²) in [5.74, 6) is 0.289. The number of anilines is 1. The molecule has 0 saturated heterocycles. The Hall–Kier alpha value is -1.74. The molecule has 4 heteroatoms. The summed E-state index contributed by atoms with van der Waals surface area (Å²) < 4.78 is 18.8. The smallest absolute Gasteiger partial charge is 0.142 e. The average molecular weight is 266 g/mol. The molecular formula is C14H13ClFNO. The largest absolute Gasteiger partial charge is 0.489 e. The van der Waals surface area contributed by atoms with Crippen molar-refractivity contribution in [1.29, 1.82) is 0 Å². The summed E-state index contributed by atoms with van der Waals surface area (Å²) in [4.78, 5) is 0. The highest BCUT2D eigenvalue weighted by Crippen LogP contribution is 2.22. The Bertz CT molecular complexity index is 528. The van der Waals surface area contributed by atoms with Crippen molar-refractivity contribution in [2.45, 2.75) is 6.61 Å². The first kappa shape index (κ1) is 12.7. The van der Waals surface area contributed by atoms with Crippen LogP contribution in [0.4, 0.5) is 10.1 Å². The first-order valence-corrected chi connectivity index (χ1v) is 5.92. The highest BCUT2D eigenvalue weighted by molar-refractivity contribution is 6.31. The molecule has 18 heavy (non-hydrogen) atoms. The Morgan fingerprint density at radius 2 is 1.89 bits per heavy atom. The molecule has 0 radical (unpaired) electrons. The number of hydrogen-bond donors (Lipinski definition) is 1. The summed E-state index contributed by atoms with van der Waals surface area (Å²) in [6.07, 6.45) is 0. The summed E-state index contributed by atoms with van der Waals surface area (Å²) in [5.41, 5.74) is 1.64. The van der Waals surface area contributed by atoms with Gasteiger partial charge >= 0.3 is 0 Å². The van der Waals surface area contributed by atoms with Crippen LogP contribution in [0.15, 0.2) is 42.5 Å². The molecule has 2 rings (SSSR count). The fourth-order valence-electron chi connectivity index (χ4n) is 1.54. The summed E-state index contributed by atoms with van der Waals surface area (Å²) >= 11 is 5.84. The molecule has 0 aliphatic carbocycles. The van der Waals surface area contributed by atoms with E-state index >= 15 is 0 Å². The summed E-state index contributed by atoms with van der Waals surface area (Å²) in [6, 6.07) is 12.2. The van der Waals surface area contributed by atoms with Gasteiger partial charge in [-0.05, 0) is 30.3 Å². The normalized spacial score (nSPS) is 10.2. The molecule has 2 nitrogen and oxygen atoms in total. The lowest BCUT2D eigenvalue weighted by Gasteiger charge is -2.09. The second-order valence-electron chi connectivity index (χ2n) is 3.78. The molecule has 0 saturated carbocycles. The van der Waals surface area contributed by atoms with Crippen molar-refractivity contribution in [3.63, 3.8) is 0 Å². The molecule has 0 aliphatic rings. The fourth-order valence-corrected chi connectivity index (χ4v) is 1.72. The van der Waals surface area contributed by atoms with E-state index in [0.717, 1.165) is 5.69 Å². The van der Waals surface area contributed by atoms with Gasteiger partial charge in [-0.3, -0.25) is 0 Å². The monoisotopic (exact) mass is 265 g/mol. The number of hydrogen-bond acceptors (Lipinski definition) is 2. The van der Waals surface area contributed by atoms with Crippen molar-refractivity contribution in [3.8, 4) is 5.75 Å². The van der Waals surface area contributed by atoms with Crippen molar-refractivity contribution in [1.82, 2.24) is 0 Å². The van der Waals surface area contributed by atoms with Gasteiger partial charge in [0.1, 0.15) is 18.2 Å². The molecule has 0 aromatic heterocycles. The lowest BCUT2D eigenvalue weighted by molar-refractivity contribution is 0.305. The lowest BCUT2D eigenvalue weighted by atomic mass is 10.2. The van der Waals surface area contributed by atoms with Gasteiger partial charge in [-0.15, -0.1) is 0 Å². The predicted molar refractivity (Wildman–Crippen MR) is 71.7 cm³/mol. The van der Waals surface area contributed by atoms with Crippen LogP contribution in [0, 0.1) is 5.82 Å². The SMILES string of the molecule is CNc1ccc(OCc2cccc(F)c2Cl)cc1. The molecule has 2 aromatic rings. The zero-order valence-corrected chi connectivity index (χ0v) is 10.7. The van der Waals surface area contributed by atoms with Gasteiger partial charge in [0.15, 0.2) is 0 Å². The van der Waals surface area contributed by atoms with Gasteiger partial charge in [0.2, 0.25) is 0 Å². The second kappa shape index (κ2) is 5.74. The highest BCUT2D eigenvalue weighted by Gasteiger charge is 2.06. The van der Waals surface area contributed by atoms with E-state index in [1.165, 1.54) is 6.07 Å². The minimum atomic E-state index is -0.428. The standard InChI is InChI=1S/C14H13ClFNO/c1-17-11-5-7-12(8-6-11)18-9-10-3-2-4-13(16)14(10)15/h2-8,17H,9H2,1H3. The van der Waals surface area contributed by atoms with E-state index in [9.17, 15) is 4.39 Å². The van der Waals surface area contributed by atoms with Crippen LogP contribution in [-0.2, 0) is 6.61 Å². The molecule has 1 N–H and O–H groups in total. The Morgan fingerprint density at radius 1 is 1.17 bits per heavy atom. The van der Waals surface area contributed by atoms with E-state index in [0.29, 0.717) is 11.3 Å². The molecule has 0 atom stereocenters. The first-order valence-electron chi connectivity index (χ1n) is 5.54. The van der Waals surface area contributed by atoms with Crippen LogP contribution in [0.3, 0.4) is 0 Å². The molecule has 0 heterocycles. The van der Waals surface area contributed by atoms with Crippen LogP contribution in [0.5, 0.6) is 5.75 Å². The Labute approximate surface area is 110 Å². The molecule has 0 spiro atoms. The van der Waals surface area contributed by atoms with Crippen LogP contribution in [0.2, 0.25) is 5.02 Å². The Morgan fingerprint density at radius 3 is 2.56 bits per heavy atom. The van der Waals surface area contributed by atoms with E-state index in [-0.39, 0.29) is 11.6 Å². The van der Waals surface area contributed by atoms with E-state index in [2.05, 4.69) is 5.32 Å². The number of ether oxygens (including phenoxy) is 1. The van der Waals surface area contributed by atoms with Gasteiger partial charge in [0.05, 0.1) is 5.02 Å². The van der Waals surface area contributed by atoms with Crippen molar-refractivity contribution >= 4 is 17.3 Å². The molecule has 0 bridgehead atoms. The van der Waals surface area contributed by atoms with Crippen molar-refractivity contribution in [3.05, 3.63) is 58.9 Å². The average Bonchev–Trinajstić information content (AvgIpc) is 2.41. The van der Waals surface area contributed by atoms with Crippen LogP contribution >= 0.6 is 11.6 Å². The van der Waals surface area contributed by atoms with Crippen molar-refractivity contribution in [2.24, 2.45) is 0 Å². The van der Waals surface area contributed by atoms with E-state index in [4.69, 9.17) is 16.3 Å². The summed E-state index contributed by atoms with van der Waals surface area (Å²) in [7, 11) is 1.85. The van der Waals surface area contributed by atoms with Crippen LogP contribution in [-0.4, -0.2) is 7.05 Å². The van der Waals surface area contributed by atoms with Crippen LogP contribution in [0.1, 0.15) is 5.56 Å². The van der Waals surface area contributed by atoms with Gasteiger partial charge in [-0.25, -0.2) is 4.39 Å². The third kappa shape index (κ3) is 2.93. The zero-order valence-electron chi connectivity index (χ0n) is 9.91. The number of rotatable bonds is 4. The van der Waals surface area contributed by atoms with Crippen molar-refractivity contribution < 1.29 is 9.13 Å². The van der Waals surface area contributed by atoms with Gasteiger partial charge in [-0.2, -0.15) is 0 Å². The maximum Gasteiger partial charge on any atom is 0.142 e. The minimum absolute atomic E-state index is 0.115. The zero-order chi connectivity index (χ0) is 13.0. The quantitative estimate of drug-likeness (QED) is 0.899. The van der Waals surface area contributed by atoms with Gasteiger partial charge in [-0.1, -0.05) is 23.7 Å². The molecule has 0 amide bonds. The molecular weight excluding hydrogens is 253 g/mol. The Kier molecular flexibility index (Phi) is 4.05. The molecule has 0 fully saturated rings. The third-order valence-corrected chi connectivity index (χ3v) is 2.99. The first-order chi connectivity index (χ1) is 8.70. The van der Waals surface area contributed by atoms with Crippen LogP contribution in [0.25, 0.3) is 0 Å². The van der Waals surface area contributed by atoms with Crippen LogP contribution < -0.4 is 10.1 Å². The van der Waals surface area contributed by atoms with Gasteiger partial charge in [0, 0.05) is 18.3 Å². The third-order valence-electron chi connectivity index (χ3n) is 2.57. The van der Waals surface area contributed by atoms with Crippen molar-refractivity contribution in [2.75, 3.05) is 12.4 Å². The number of benzene rings is 2. The topological polar surface area (TPSA) is 21.3 Å². The number of halogens is 2. The predicted octanol–water partition coefficient (Wildman–Crippen LogP) is 4.10. The summed E-state index contributed by atoms with van der Waals surface area (Å²) in [5, 5.41) is 3.13.